The summed E-state index contributed by atoms with van der Waals surface area (Å²) >= 11 is 1.56. The van der Waals surface area contributed by atoms with Crippen LogP contribution in [-0.4, -0.2) is 56.6 Å². The normalized spacial score (nSPS) is 11.3. The molecule has 0 aliphatic carbocycles. The van der Waals surface area contributed by atoms with Gasteiger partial charge < -0.3 is 20.1 Å². The summed E-state index contributed by atoms with van der Waals surface area (Å²) in [5.41, 5.74) is 0.413. The van der Waals surface area contributed by atoms with E-state index < -0.39 is 17.9 Å². The van der Waals surface area contributed by atoms with Crippen molar-refractivity contribution in [2.45, 2.75) is 12.5 Å². The minimum atomic E-state index is -0.715. The van der Waals surface area contributed by atoms with Gasteiger partial charge in [0.25, 0.3) is 5.91 Å². The van der Waals surface area contributed by atoms with Crippen molar-refractivity contribution in [2.75, 3.05) is 32.8 Å². The van der Waals surface area contributed by atoms with Crippen molar-refractivity contribution < 1.29 is 23.9 Å². The molecule has 132 valence electrons. The van der Waals surface area contributed by atoms with Gasteiger partial charge in [-0.3, -0.25) is 9.59 Å². The highest BCUT2D eigenvalue weighted by Crippen LogP contribution is 2.10. The molecule has 0 bridgehead atoms. The molecule has 0 spiro atoms. The monoisotopic (exact) mass is 354 g/mol. The van der Waals surface area contributed by atoms with Gasteiger partial charge in [0.05, 0.1) is 20.8 Å². The maximum Gasteiger partial charge on any atom is 0.328 e. The van der Waals surface area contributed by atoms with E-state index in [-0.39, 0.29) is 12.5 Å². The second-order valence-electron chi connectivity index (χ2n) is 4.84. The van der Waals surface area contributed by atoms with Gasteiger partial charge in [-0.25, -0.2) is 4.79 Å². The highest BCUT2D eigenvalue weighted by molar-refractivity contribution is 7.98. The predicted octanol–water partition coefficient (Wildman–Crippen LogP) is 0.836. The molecular weight excluding hydrogens is 332 g/mol. The fraction of sp³-hybridized carbons (Fsp3) is 0.438. The molecule has 1 unspecified atom stereocenters. The molecule has 1 aromatic carbocycles. The van der Waals surface area contributed by atoms with Gasteiger partial charge in [-0.05, 0) is 42.7 Å². The lowest BCUT2D eigenvalue weighted by Gasteiger charge is -2.16. The van der Waals surface area contributed by atoms with E-state index in [4.69, 9.17) is 4.74 Å². The van der Waals surface area contributed by atoms with Crippen molar-refractivity contribution in [3.63, 3.8) is 0 Å². The predicted molar refractivity (Wildman–Crippen MR) is 92.3 cm³/mol. The first-order valence-corrected chi connectivity index (χ1v) is 8.69. The number of rotatable bonds is 9. The maximum absolute atomic E-state index is 12.0. The summed E-state index contributed by atoms with van der Waals surface area (Å²) in [4.78, 5) is 35.5. The molecule has 1 rings (SSSR count). The summed E-state index contributed by atoms with van der Waals surface area (Å²) in [5.74, 6) is 0.0101. The maximum atomic E-state index is 12.0. The molecule has 1 aromatic rings. The van der Waals surface area contributed by atoms with Crippen LogP contribution >= 0.6 is 11.8 Å². The number of hydrogen-bond donors (Lipinski definition) is 2. The van der Waals surface area contributed by atoms with Gasteiger partial charge in [0.15, 0.2) is 0 Å². The Kier molecular flexibility index (Phi) is 8.70. The van der Waals surface area contributed by atoms with E-state index in [1.54, 1.807) is 36.0 Å². The van der Waals surface area contributed by atoms with Crippen LogP contribution in [0.15, 0.2) is 24.3 Å². The van der Waals surface area contributed by atoms with E-state index in [1.807, 2.05) is 6.26 Å². The molecule has 2 N–H and O–H groups in total. The molecule has 0 aliphatic heterocycles. The minimum absolute atomic E-state index is 0.225. The van der Waals surface area contributed by atoms with Crippen molar-refractivity contribution in [3.05, 3.63) is 29.8 Å². The summed E-state index contributed by atoms with van der Waals surface area (Å²) in [6.45, 7) is -0.225. The zero-order chi connectivity index (χ0) is 17.9. The fourth-order valence-electron chi connectivity index (χ4n) is 1.88. The van der Waals surface area contributed by atoms with E-state index in [1.165, 1.54) is 14.2 Å². The molecule has 0 fully saturated rings. The molecule has 1 atom stereocenters. The van der Waals surface area contributed by atoms with Crippen LogP contribution in [0, 0.1) is 0 Å². The third kappa shape index (κ3) is 6.49. The van der Waals surface area contributed by atoms with Gasteiger partial charge in [-0.2, -0.15) is 11.8 Å². The van der Waals surface area contributed by atoms with Gasteiger partial charge >= 0.3 is 5.97 Å². The Hall–Kier alpha value is -2.22. The first kappa shape index (κ1) is 19.8. The van der Waals surface area contributed by atoms with E-state index >= 15 is 0 Å². The smallest absolute Gasteiger partial charge is 0.328 e. The van der Waals surface area contributed by atoms with E-state index in [9.17, 15) is 14.4 Å². The Bertz CT molecular complexity index is 562. The van der Waals surface area contributed by atoms with Crippen molar-refractivity contribution >= 4 is 29.5 Å². The Balaban J connectivity index is 2.50. The number of benzene rings is 1. The molecule has 2 amide bonds. The molecule has 8 heteroatoms. The van der Waals surface area contributed by atoms with Crippen molar-refractivity contribution in [1.29, 1.82) is 0 Å². The van der Waals surface area contributed by atoms with Crippen molar-refractivity contribution in [2.24, 2.45) is 0 Å². The van der Waals surface area contributed by atoms with Crippen LogP contribution in [-0.2, 0) is 14.3 Å². The Labute approximate surface area is 145 Å². The Morgan fingerprint density at radius 2 is 1.83 bits per heavy atom. The van der Waals surface area contributed by atoms with Gasteiger partial charge in [-0.1, -0.05) is 0 Å². The summed E-state index contributed by atoms with van der Waals surface area (Å²) in [7, 11) is 2.81. The number of carbonyl (C=O) groups is 3. The van der Waals surface area contributed by atoms with E-state index in [2.05, 4.69) is 15.4 Å². The second-order valence-corrected chi connectivity index (χ2v) is 5.82. The van der Waals surface area contributed by atoms with Crippen molar-refractivity contribution in [3.8, 4) is 5.75 Å². The zero-order valence-electron chi connectivity index (χ0n) is 14.0. The lowest BCUT2D eigenvalue weighted by Crippen LogP contribution is -2.46. The number of amides is 2. The second kappa shape index (κ2) is 10.5. The number of hydrogen-bond acceptors (Lipinski definition) is 6. The first-order chi connectivity index (χ1) is 11.5. The SMILES string of the molecule is COC(=O)C(CCSC)NC(=O)CNC(=O)c1ccc(OC)cc1. The minimum Gasteiger partial charge on any atom is -0.497 e. The lowest BCUT2D eigenvalue weighted by molar-refractivity contribution is -0.145. The summed E-state index contributed by atoms with van der Waals surface area (Å²) in [5, 5.41) is 5.07. The van der Waals surface area contributed by atoms with Gasteiger partial charge in [0.2, 0.25) is 5.91 Å². The average molecular weight is 354 g/mol. The van der Waals surface area contributed by atoms with Crippen LogP contribution in [0.25, 0.3) is 0 Å². The van der Waals surface area contributed by atoms with Gasteiger partial charge in [-0.15, -0.1) is 0 Å². The average Bonchev–Trinajstić information content (AvgIpc) is 2.62. The highest BCUT2D eigenvalue weighted by atomic mass is 32.2. The molecular formula is C16H22N2O5S. The summed E-state index contributed by atoms with van der Waals surface area (Å²) < 4.78 is 9.68. The van der Waals surface area contributed by atoms with Crippen LogP contribution in [0.4, 0.5) is 0 Å². The van der Waals surface area contributed by atoms with Crippen LogP contribution in [0.3, 0.4) is 0 Å². The highest BCUT2D eigenvalue weighted by Gasteiger charge is 2.21. The summed E-state index contributed by atoms with van der Waals surface area (Å²) in [6, 6.07) is 5.80. The summed E-state index contributed by atoms with van der Waals surface area (Å²) in [6.07, 6.45) is 2.37. The first-order valence-electron chi connectivity index (χ1n) is 7.30. The third-order valence-electron chi connectivity index (χ3n) is 3.19. The topological polar surface area (TPSA) is 93.7 Å². The number of ether oxygens (including phenoxy) is 2. The van der Waals surface area contributed by atoms with Crippen molar-refractivity contribution in [1.82, 2.24) is 10.6 Å². The molecule has 0 aromatic heterocycles. The molecule has 24 heavy (non-hydrogen) atoms. The number of thioether (sulfide) groups is 1. The zero-order valence-corrected chi connectivity index (χ0v) is 14.8. The van der Waals surface area contributed by atoms with Crippen LogP contribution < -0.4 is 15.4 Å². The Morgan fingerprint density at radius 3 is 2.38 bits per heavy atom. The van der Waals surface area contributed by atoms with Gasteiger partial charge in [0, 0.05) is 5.56 Å². The quantitative estimate of drug-likeness (QED) is 0.638. The number of methoxy groups -OCH3 is 2. The molecule has 0 saturated heterocycles. The molecule has 0 heterocycles. The van der Waals surface area contributed by atoms with Crippen LogP contribution in [0.5, 0.6) is 5.75 Å². The lowest BCUT2D eigenvalue weighted by atomic mass is 10.2. The van der Waals surface area contributed by atoms with Crippen LogP contribution in [0.2, 0.25) is 0 Å². The van der Waals surface area contributed by atoms with E-state index in [0.717, 1.165) is 0 Å². The molecule has 0 radical (unpaired) electrons. The van der Waals surface area contributed by atoms with E-state index in [0.29, 0.717) is 23.5 Å². The fourth-order valence-corrected chi connectivity index (χ4v) is 2.35. The van der Waals surface area contributed by atoms with Gasteiger partial charge in [0.1, 0.15) is 11.8 Å². The molecule has 0 saturated carbocycles. The Morgan fingerprint density at radius 1 is 1.17 bits per heavy atom. The molecule has 7 nitrogen and oxygen atoms in total. The number of esters is 1. The number of nitrogens with one attached hydrogen (secondary N) is 2. The van der Waals surface area contributed by atoms with Crippen LogP contribution in [0.1, 0.15) is 16.8 Å². The standard InChI is InChI=1S/C16H22N2O5S/c1-22-12-6-4-11(5-7-12)15(20)17-10-14(19)18-13(8-9-24-3)16(21)23-2/h4-7,13H,8-10H2,1-3H3,(H,17,20)(H,18,19). The largest absolute Gasteiger partial charge is 0.497 e. The third-order valence-corrected chi connectivity index (χ3v) is 3.84. The molecule has 0 aliphatic rings. The number of carbonyl (C=O) groups excluding carboxylic acids is 3.